The van der Waals surface area contributed by atoms with Crippen LogP contribution in [0.4, 0.5) is 9.59 Å². The molecule has 2 atom stereocenters. The minimum absolute atomic E-state index is 0.125. The Hall–Kier alpha value is -2.03. The Labute approximate surface area is 186 Å². The number of hydrogen-bond donors (Lipinski definition) is 1. The number of nitrogens with zero attached hydrogens (tertiary/aromatic N) is 1. The van der Waals surface area contributed by atoms with Crippen LogP contribution in [0, 0.1) is 0 Å². The van der Waals surface area contributed by atoms with E-state index in [4.69, 9.17) is 18.9 Å². The van der Waals surface area contributed by atoms with Gasteiger partial charge in [0, 0.05) is 0 Å². The summed E-state index contributed by atoms with van der Waals surface area (Å²) in [6.07, 6.45) is 1.39. The van der Waals surface area contributed by atoms with E-state index in [1.165, 1.54) is 7.11 Å². The fraction of sp³-hybridized carbons (Fsp3) is 0.864. The van der Waals surface area contributed by atoms with Gasteiger partial charge in [0.15, 0.2) is 0 Å². The average Bonchev–Trinajstić information content (AvgIpc) is 2.88. The Balaban J connectivity index is 2.63. The largest absolute Gasteiger partial charge is 0.467 e. The Bertz CT molecular complexity index is 635. The highest BCUT2D eigenvalue weighted by molar-refractivity contribution is 5.81. The van der Waals surface area contributed by atoms with Crippen LogP contribution >= 0.6 is 0 Å². The van der Waals surface area contributed by atoms with E-state index in [-0.39, 0.29) is 6.04 Å². The average molecular weight is 445 g/mol. The predicted octanol–water partition coefficient (Wildman–Crippen LogP) is 3.99. The number of alkyl carbamates (subject to hydrolysis) is 1. The van der Waals surface area contributed by atoms with Crippen LogP contribution in [0.15, 0.2) is 0 Å². The number of carbonyl (C=O) groups is 3. The van der Waals surface area contributed by atoms with Crippen LogP contribution in [0.2, 0.25) is 0 Å². The topological polar surface area (TPSA) is 103 Å². The molecule has 0 saturated carbocycles. The minimum Gasteiger partial charge on any atom is -0.467 e. The Morgan fingerprint density at radius 3 is 2.16 bits per heavy atom. The zero-order valence-electron chi connectivity index (χ0n) is 20.5. The number of esters is 1. The molecule has 1 N–H and O–H groups in total. The molecule has 1 saturated heterocycles. The third-order valence-electron chi connectivity index (χ3n) is 4.62. The van der Waals surface area contributed by atoms with Gasteiger partial charge >= 0.3 is 18.2 Å². The Kier molecular flexibility index (Phi) is 9.17. The van der Waals surface area contributed by atoms with Gasteiger partial charge in [-0.25, -0.2) is 14.4 Å². The van der Waals surface area contributed by atoms with Gasteiger partial charge in [-0.3, -0.25) is 4.90 Å². The molecular weight excluding hydrogens is 404 g/mol. The zero-order valence-corrected chi connectivity index (χ0v) is 20.5. The molecule has 180 valence electrons. The molecule has 9 heteroatoms. The molecule has 1 heterocycles. The second-order valence-electron chi connectivity index (χ2n) is 10.3. The first-order chi connectivity index (χ1) is 14.1. The molecule has 0 radical (unpaired) electrons. The first-order valence-corrected chi connectivity index (χ1v) is 10.8. The number of carbonyl (C=O) groups excluding carboxylic acids is 3. The molecule has 2 amide bonds. The second kappa shape index (κ2) is 10.5. The summed E-state index contributed by atoms with van der Waals surface area (Å²) < 4.78 is 21.4. The maximum Gasteiger partial charge on any atom is 0.412 e. The normalized spacial score (nSPS) is 19.5. The van der Waals surface area contributed by atoms with E-state index >= 15 is 0 Å². The van der Waals surface area contributed by atoms with E-state index in [9.17, 15) is 14.4 Å². The fourth-order valence-corrected chi connectivity index (χ4v) is 3.35. The van der Waals surface area contributed by atoms with Crippen LogP contribution < -0.4 is 5.32 Å². The number of rotatable bonds is 7. The van der Waals surface area contributed by atoms with Crippen LogP contribution in [0.3, 0.4) is 0 Å². The molecule has 0 aromatic heterocycles. The van der Waals surface area contributed by atoms with Crippen molar-refractivity contribution in [2.24, 2.45) is 0 Å². The summed E-state index contributed by atoms with van der Waals surface area (Å²) in [5.41, 5.74) is -2.01. The second-order valence-corrected chi connectivity index (χ2v) is 10.3. The molecule has 1 aliphatic rings. The zero-order chi connectivity index (χ0) is 24.0. The van der Waals surface area contributed by atoms with E-state index in [0.29, 0.717) is 25.9 Å². The lowest BCUT2D eigenvalue weighted by atomic mass is 10.0. The monoisotopic (exact) mass is 444 g/mol. The number of methoxy groups -OCH3 is 1. The van der Waals surface area contributed by atoms with Gasteiger partial charge in [0.1, 0.15) is 23.0 Å². The van der Waals surface area contributed by atoms with Crippen LogP contribution in [0.1, 0.15) is 81.1 Å². The van der Waals surface area contributed by atoms with Crippen molar-refractivity contribution in [1.82, 2.24) is 10.2 Å². The minimum atomic E-state index is -0.793. The fourth-order valence-electron chi connectivity index (χ4n) is 3.35. The number of nitrogens with one attached hydrogen (secondary N) is 1. The highest BCUT2D eigenvalue weighted by atomic mass is 16.6. The number of ether oxygens (including phenoxy) is 4. The lowest BCUT2D eigenvalue weighted by molar-refractivity contribution is -0.143. The van der Waals surface area contributed by atoms with Gasteiger partial charge in [0.2, 0.25) is 0 Å². The highest BCUT2D eigenvalue weighted by Gasteiger charge is 2.45. The van der Waals surface area contributed by atoms with Crippen molar-refractivity contribution >= 4 is 18.2 Å². The maximum atomic E-state index is 12.7. The molecule has 0 unspecified atom stereocenters. The summed E-state index contributed by atoms with van der Waals surface area (Å²) in [7, 11) is 1.28. The Morgan fingerprint density at radius 2 is 1.65 bits per heavy atom. The van der Waals surface area contributed by atoms with E-state index in [0.717, 1.165) is 6.42 Å². The quantitative estimate of drug-likeness (QED) is 0.360. The molecule has 0 bridgehead atoms. The smallest absolute Gasteiger partial charge is 0.412 e. The molecule has 31 heavy (non-hydrogen) atoms. The molecule has 0 aromatic rings. The SMILES string of the molecule is COC(=O)[C@@H](CCCC[C@H]1COC(C)(C)N1C(=O)OC(C)(C)C)NC(=O)OC(C)(C)C. The van der Waals surface area contributed by atoms with Gasteiger partial charge in [-0.1, -0.05) is 12.8 Å². The third-order valence-corrected chi connectivity index (χ3v) is 4.62. The van der Waals surface area contributed by atoms with Gasteiger partial charge in [0.25, 0.3) is 0 Å². The summed E-state index contributed by atoms with van der Waals surface area (Å²) in [5.74, 6) is -0.522. The van der Waals surface area contributed by atoms with E-state index < -0.39 is 41.1 Å². The number of hydrogen-bond acceptors (Lipinski definition) is 7. The standard InChI is InChI=1S/C22H40N2O7/c1-20(2,3)30-18(26)23-16(17(25)28-9)13-11-10-12-15-14-29-22(7,8)24(15)19(27)31-21(4,5)6/h15-16H,10-14H2,1-9H3,(H,23,26)/t15-,16+/m0/s1. The summed E-state index contributed by atoms with van der Waals surface area (Å²) in [4.78, 5) is 38.4. The van der Waals surface area contributed by atoms with Gasteiger partial charge < -0.3 is 24.3 Å². The van der Waals surface area contributed by atoms with Crippen molar-refractivity contribution in [1.29, 1.82) is 0 Å². The van der Waals surface area contributed by atoms with Gasteiger partial charge in [-0.15, -0.1) is 0 Å². The lowest BCUT2D eigenvalue weighted by Crippen LogP contribution is -2.49. The number of amides is 2. The summed E-state index contributed by atoms with van der Waals surface area (Å²) >= 11 is 0. The molecule has 0 spiro atoms. The first-order valence-electron chi connectivity index (χ1n) is 10.8. The molecule has 0 aromatic carbocycles. The van der Waals surface area contributed by atoms with Crippen molar-refractivity contribution in [3.63, 3.8) is 0 Å². The van der Waals surface area contributed by atoms with Crippen molar-refractivity contribution in [2.75, 3.05) is 13.7 Å². The molecule has 0 aliphatic carbocycles. The highest BCUT2D eigenvalue weighted by Crippen LogP contribution is 2.31. The van der Waals surface area contributed by atoms with Gasteiger partial charge in [0.05, 0.1) is 19.8 Å². The van der Waals surface area contributed by atoms with Gasteiger partial charge in [-0.2, -0.15) is 0 Å². The Morgan fingerprint density at radius 1 is 1.06 bits per heavy atom. The predicted molar refractivity (Wildman–Crippen MR) is 116 cm³/mol. The van der Waals surface area contributed by atoms with E-state index in [1.54, 1.807) is 25.7 Å². The summed E-state index contributed by atoms with van der Waals surface area (Å²) in [5, 5.41) is 2.57. The lowest BCUT2D eigenvalue weighted by Gasteiger charge is -2.35. The van der Waals surface area contributed by atoms with Crippen molar-refractivity contribution in [3.8, 4) is 0 Å². The maximum absolute atomic E-state index is 12.7. The molecule has 1 fully saturated rings. The van der Waals surface area contributed by atoms with Crippen LogP contribution in [0.5, 0.6) is 0 Å². The first kappa shape index (κ1) is 27.0. The van der Waals surface area contributed by atoms with Crippen LogP contribution in [0.25, 0.3) is 0 Å². The third kappa shape index (κ3) is 9.33. The van der Waals surface area contributed by atoms with Gasteiger partial charge in [-0.05, 0) is 68.2 Å². The molecular formula is C22H40N2O7. The molecule has 9 nitrogen and oxygen atoms in total. The van der Waals surface area contributed by atoms with E-state index in [1.807, 2.05) is 34.6 Å². The number of unbranched alkanes of at least 4 members (excludes halogenated alkanes) is 1. The van der Waals surface area contributed by atoms with Crippen LogP contribution in [-0.4, -0.2) is 65.8 Å². The van der Waals surface area contributed by atoms with Crippen molar-refractivity contribution in [2.45, 2.75) is 110 Å². The van der Waals surface area contributed by atoms with Crippen LogP contribution in [-0.2, 0) is 23.7 Å². The van der Waals surface area contributed by atoms with Crippen molar-refractivity contribution in [3.05, 3.63) is 0 Å². The summed E-state index contributed by atoms with van der Waals surface area (Å²) in [6.45, 7) is 14.8. The van der Waals surface area contributed by atoms with Crippen molar-refractivity contribution < 1.29 is 33.3 Å². The summed E-state index contributed by atoms with van der Waals surface area (Å²) in [6, 6.07) is -0.918. The molecule has 1 aliphatic heterocycles. The molecule has 1 rings (SSSR count). The van der Waals surface area contributed by atoms with E-state index in [2.05, 4.69) is 5.32 Å².